The lowest BCUT2D eigenvalue weighted by atomic mass is 10.2. The highest BCUT2D eigenvalue weighted by Gasteiger charge is 1.99. The van der Waals surface area contributed by atoms with Crippen LogP contribution in [-0.2, 0) is 4.79 Å². The predicted molar refractivity (Wildman–Crippen MR) is 66.3 cm³/mol. The first kappa shape index (κ1) is 12.1. The van der Waals surface area contributed by atoms with Crippen molar-refractivity contribution in [2.45, 2.75) is 25.7 Å². The highest BCUT2D eigenvalue weighted by molar-refractivity contribution is 8.00. The molecule has 0 aliphatic heterocycles. The zero-order valence-electron chi connectivity index (χ0n) is 9.41. The Hall–Kier alpha value is -1.02. The second-order valence-corrected chi connectivity index (χ2v) is 4.84. The van der Waals surface area contributed by atoms with E-state index < -0.39 is 0 Å². The van der Waals surface area contributed by atoms with Crippen LogP contribution in [0.3, 0.4) is 0 Å². The average Bonchev–Trinajstić information content (AvgIpc) is 2.14. The maximum Gasteiger partial charge on any atom is 0.165 e. The predicted octanol–water partition coefficient (Wildman–Crippen LogP) is 3.62. The van der Waals surface area contributed by atoms with Gasteiger partial charge in [-0.2, -0.15) is 0 Å². The SMILES string of the molecule is CC(C)=CC(=O)CSc1cccc(C)c1. The lowest BCUT2D eigenvalue weighted by molar-refractivity contribution is -0.112. The summed E-state index contributed by atoms with van der Waals surface area (Å²) >= 11 is 1.59. The van der Waals surface area contributed by atoms with Crippen LogP contribution in [0.1, 0.15) is 19.4 Å². The van der Waals surface area contributed by atoms with Crippen LogP contribution in [-0.4, -0.2) is 11.5 Å². The first-order chi connectivity index (χ1) is 7.08. The van der Waals surface area contributed by atoms with Crippen LogP contribution < -0.4 is 0 Å². The number of hydrogen-bond donors (Lipinski definition) is 0. The van der Waals surface area contributed by atoms with Crippen LogP contribution in [0.4, 0.5) is 0 Å². The molecular weight excluding hydrogens is 204 g/mol. The van der Waals surface area contributed by atoms with Crippen LogP contribution in [0, 0.1) is 6.92 Å². The second-order valence-electron chi connectivity index (χ2n) is 3.79. The van der Waals surface area contributed by atoms with Gasteiger partial charge >= 0.3 is 0 Å². The van der Waals surface area contributed by atoms with E-state index in [0.717, 1.165) is 10.5 Å². The van der Waals surface area contributed by atoms with Gasteiger partial charge in [-0.1, -0.05) is 23.3 Å². The van der Waals surface area contributed by atoms with Gasteiger partial charge in [0.05, 0.1) is 5.75 Å². The number of hydrogen-bond acceptors (Lipinski definition) is 2. The fraction of sp³-hybridized carbons (Fsp3) is 0.308. The summed E-state index contributed by atoms with van der Waals surface area (Å²) in [6.07, 6.45) is 1.70. The number of aryl methyl sites for hydroxylation is 1. The van der Waals surface area contributed by atoms with E-state index in [4.69, 9.17) is 0 Å². The van der Waals surface area contributed by atoms with Crippen molar-refractivity contribution in [2.75, 3.05) is 5.75 Å². The van der Waals surface area contributed by atoms with E-state index in [2.05, 4.69) is 19.1 Å². The van der Waals surface area contributed by atoms with E-state index in [1.807, 2.05) is 26.0 Å². The molecule has 15 heavy (non-hydrogen) atoms. The summed E-state index contributed by atoms with van der Waals surface area (Å²) in [5.74, 6) is 0.704. The quantitative estimate of drug-likeness (QED) is 0.569. The molecule has 1 rings (SSSR count). The number of thioether (sulfide) groups is 1. The molecule has 0 bridgehead atoms. The minimum atomic E-state index is 0.182. The fourth-order valence-electron chi connectivity index (χ4n) is 1.22. The highest BCUT2D eigenvalue weighted by atomic mass is 32.2. The molecule has 0 spiro atoms. The number of carbonyl (C=O) groups excluding carboxylic acids is 1. The molecule has 0 unspecified atom stereocenters. The first-order valence-corrected chi connectivity index (χ1v) is 5.93. The van der Waals surface area contributed by atoms with E-state index in [1.54, 1.807) is 17.8 Å². The molecule has 0 radical (unpaired) electrons. The highest BCUT2D eigenvalue weighted by Crippen LogP contribution is 2.18. The summed E-state index contributed by atoms with van der Waals surface area (Å²) in [5, 5.41) is 0. The summed E-state index contributed by atoms with van der Waals surface area (Å²) in [5.41, 5.74) is 2.29. The Bertz CT molecular complexity index is 376. The van der Waals surface area contributed by atoms with Gasteiger partial charge in [0.2, 0.25) is 0 Å². The molecule has 1 aromatic carbocycles. The largest absolute Gasteiger partial charge is 0.294 e. The van der Waals surface area contributed by atoms with Crippen LogP contribution in [0.15, 0.2) is 40.8 Å². The molecule has 1 aromatic rings. The van der Waals surface area contributed by atoms with E-state index in [-0.39, 0.29) is 5.78 Å². The second kappa shape index (κ2) is 5.76. The minimum absolute atomic E-state index is 0.182. The molecule has 0 atom stereocenters. The number of carbonyl (C=O) groups is 1. The van der Waals surface area contributed by atoms with Crippen molar-refractivity contribution in [1.29, 1.82) is 0 Å². The van der Waals surface area contributed by atoms with Crippen LogP contribution in [0.25, 0.3) is 0 Å². The molecule has 1 nitrogen and oxygen atoms in total. The summed E-state index contributed by atoms with van der Waals surface area (Å²) in [4.78, 5) is 12.6. The molecule has 2 heteroatoms. The van der Waals surface area contributed by atoms with Crippen molar-refractivity contribution in [3.63, 3.8) is 0 Å². The Kier molecular flexibility index (Phi) is 4.63. The van der Waals surface area contributed by atoms with Crippen molar-refractivity contribution < 1.29 is 4.79 Å². The molecule has 0 amide bonds. The van der Waals surface area contributed by atoms with Gasteiger partial charge < -0.3 is 0 Å². The Morgan fingerprint density at radius 1 is 1.40 bits per heavy atom. The van der Waals surface area contributed by atoms with E-state index >= 15 is 0 Å². The lowest BCUT2D eigenvalue weighted by Crippen LogP contribution is -1.96. The van der Waals surface area contributed by atoms with E-state index in [9.17, 15) is 4.79 Å². The maximum absolute atomic E-state index is 11.4. The van der Waals surface area contributed by atoms with Gasteiger partial charge in [-0.3, -0.25) is 4.79 Å². The van der Waals surface area contributed by atoms with Gasteiger partial charge in [0.25, 0.3) is 0 Å². The molecular formula is C13H16OS. The minimum Gasteiger partial charge on any atom is -0.294 e. The summed E-state index contributed by atoms with van der Waals surface area (Å²) in [7, 11) is 0. The molecule has 0 N–H and O–H groups in total. The van der Waals surface area contributed by atoms with Crippen molar-refractivity contribution in [1.82, 2.24) is 0 Å². The van der Waals surface area contributed by atoms with Gasteiger partial charge in [0.1, 0.15) is 0 Å². The number of ketones is 1. The monoisotopic (exact) mass is 220 g/mol. The third kappa shape index (κ3) is 4.84. The van der Waals surface area contributed by atoms with Gasteiger partial charge in [0.15, 0.2) is 5.78 Å². The van der Waals surface area contributed by atoms with Gasteiger partial charge in [0, 0.05) is 4.90 Å². The summed E-state index contributed by atoms with van der Waals surface area (Å²) in [6, 6.07) is 8.21. The molecule has 0 aliphatic carbocycles. The molecule has 0 heterocycles. The summed E-state index contributed by atoms with van der Waals surface area (Å²) < 4.78 is 0. The van der Waals surface area contributed by atoms with Gasteiger partial charge in [-0.25, -0.2) is 0 Å². The van der Waals surface area contributed by atoms with Crippen molar-refractivity contribution in [3.8, 4) is 0 Å². The zero-order valence-corrected chi connectivity index (χ0v) is 10.2. The zero-order chi connectivity index (χ0) is 11.3. The maximum atomic E-state index is 11.4. The van der Waals surface area contributed by atoms with Crippen molar-refractivity contribution in [3.05, 3.63) is 41.5 Å². The standard InChI is InChI=1S/C13H16OS/c1-10(2)7-12(14)9-15-13-6-4-5-11(3)8-13/h4-8H,9H2,1-3H3. The third-order valence-corrected chi connectivity index (χ3v) is 2.84. The van der Waals surface area contributed by atoms with E-state index in [1.165, 1.54) is 5.56 Å². The topological polar surface area (TPSA) is 17.1 Å². The smallest absolute Gasteiger partial charge is 0.165 e. The molecule has 0 fully saturated rings. The Labute approximate surface area is 95.6 Å². The number of rotatable bonds is 4. The third-order valence-electron chi connectivity index (χ3n) is 1.82. The molecule has 0 saturated carbocycles. The lowest BCUT2D eigenvalue weighted by Gasteiger charge is -2.00. The van der Waals surface area contributed by atoms with Crippen LogP contribution >= 0.6 is 11.8 Å². The summed E-state index contributed by atoms with van der Waals surface area (Å²) in [6.45, 7) is 5.94. The average molecular weight is 220 g/mol. The number of benzene rings is 1. The molecule has 0 aliphatic rings. The van der Waals surface area contributed by atoms with Crippen LogP contribution in [0.2, 0.25) is 0 Å². The Morgan fingerprint density at radius 3 is 2.73 bits per heavy atom. The Morgan fingerprint density at radius 2 is 2.13 bits per heavy atom. The first-order valence-electron chi connectivity index (χ1n) is 4.95. The van der Waals surface area contributed by atoms with Gasteiger partial charge in [-0.15, -0.1) is 11.8 Å². The fourth-order valence-corrected chi connectivity index (χ4v) is 2.06. The molecule has 80 valence electrons. The normalized spacial score (nSPS) is 9.80. The molecule has 0 aromatic heterocycles. The van der Waals surface area contributed by atoms with Crippen molar-refractivity contribution >= 4 is 17.5 Å². The van der Waals surface area contributed by atoms with Crippen LogP contribution in [0.5, 0.6) is 0 Å². The molecule has 0 saturated heterocycles. The number of allylic oxidation sites excluding steroid dienone is 2. The Balaban J connectivity index is 2.51. The van der Waals surface area contributed by atoms with E-state index in [0.29, 0.717) is 5.75 Å². The van der Waals surface area contributed by atoms with Crippen molar-refractivity contribution in [2.24, 2.45) is 0 Å². The van der Waals surface area contributed by atoms with Gasteiger partial charge in [-0.05, 0) is 39.0 Å².